The summed E-state index contributed by atoms with van der Waals surface area (Å²) in [6, 6.07) is 9.93. The van der Waals surface area contributed by atoms with Gasteiger partial charge in [-0.25, -0.2) is 4.39 Å². The zero-order chi connectivity index (χ0) is 15.4. The third kappa shape index (κ3) is 3.92. The molecule has 2 aromatic carbocycles. The van der Waals surface area contributed by atoms with Crippen LogP contribution < -0.4 is 15.2 Å². The van der Waals surface area contributed by atoms with Gasteiger partial charge in [-0.1, -0.05) is 28.1 Å². The first-order valence-corrected chi connectivity index (χ1v) is 7.26. The molecule has 0 aromatic heterocycles. The van der Waals surface area contributed by atoms with Crippen molar-refractivity contribution >= 4 is 33.1 Å². The highest BCUT2D eigenvalue weighted by Crippen LogP contribution is 2.26. The molecule has 3 nitrogen and oxygen atoms in total. The van der Waals surface area contributed by atoms with E-state index in [1.54, 1.807) is 13.2 Å². The Morgan fingerprint density at radius 3 is 2.57 bits per heavy atom. The van der Waals surface area contributed by atoms with E-state index in [1.165, 1.54) is 12.1 Å². The Bertz CT molecular complexity index is 679. The summed E-state index contributed by atoms with van der Waals surface area (Å²) in [6.07, 6.45) is 0. The molecule has 0 saturated carbocycles. The van der Waals surface area contributed by atoms with Crippen LogP contribution in [0.25, 0.3) is 0 Å². The monoisotopic (exact) mass is 369 g/mol. The number of nitrogens with two attached hydrogens (primary N) is 1. The third-order valence-corrected chi connectivity index (χ3v) is 3.57. The topological polar surface area (TPSA) is 44.5 Å². The van der Waals surface area contributed by atoms with Gasteiger partial charge in [0.2, 0.25) is 0 Å². The van der Waals surface area contributed by atoms with Crippen LogP contribution in [0.1, 0.15) is 11.1 Å². The molecule has 0 aliphatic carbocycles. The molecule has 6 heteroatoms. The smallest absolute Gasteiger partial charge is 0.165 e. The number of hydrogen-bond donors (Lipinski definition) is 1. The Labute approximate surface area is 136 Å². The van der Waals surface area contributed by atoms with Gasteiger partial charge in [0.15, 0.2) is 11.6 Å². The Kier molecular flexibility index (Phi) is 5.14. The first-order valence-electron chi connectivity index (χ1n) is 6.06. The molecule has 2 rings (SSSR count). The van der Waals surface area contributed by atoms with E-state index in [2.05, 4.69) is 15.9 Å². The van der Waals surface area contributed by atoms with Crippen LogP contribution in [0.2, 0.25) is 0 Å². The highest BCUT2D eigenvalue weighted by atomic mass is 79.9. The van der Waals surface area contributed by atoms with Crippen molar-refractivity contribution in [1.82, 2.24) is 0 Å². The van der Waals surface area contributed by atoms with Crippen molar-refractivity contribution in [2.75, 3.05) is 7.11 Å². The first kappa shape index (κ1) is 15.7. The summed E-state index contributed by atoms with van der Waals surface area (Å²) in [5, 5.41) is 0. The minimum Gasteiger partial charge on any atom is -0.496 e. The van der Waals surface area contributed by atoms with E-state index >= 15 is 0 Å². The fourth-order valence-electron chi connectivity index (χ4n) is 1.79. The Hall–Kier alpha value is -1.66. The normalized spacial score (nSPS) is 10.2. The van der Waals surface area contributed by atoms with Crippen molar-refractivity contribution in [3.05, 3.63) is 57.8 Å². The SMILES string of the molecule is COc1ccc(Br)cc1COc1ccc(C(N)=S)cc1F. The molecule has 0 spiro atoms. The molecular weight excluding hydrogens is 357 g/mol. The number of thiocarbonyl (C=S) groups is 1. The lowest BCUT2D eigenvalue weighted by atomic mass is 10.2. The van der Waals surface area contributed by atoms with E-state index in [-0.39, 0.29) is 17.3 Å². The number of benzene rings is 2. The van der Waals surface area contributed by atoms with Gasteiger partial charge in [-0.15, -0.1) is 0 Å². The molecule has 0 heterocycles. The Balaban J connectivity index is 2.17. The van der Waals surface area contributed by atoms with Gasteiger partial charge >= 0.3 is 0 Å². The van der Waals surface area contributed by atoms with Gasteiger partial charge in [0.05, 0.1) is 7.11 Å². The van der Waals surface area contributed by atoms with Crippen LogP contribution in [-0.2, 0) is 6.61 Å². The highest BCUT2D eigenvalue weighted by Gasteiger charge is 2.09. The summed E-state index contributed by atoms with van der Waals surface area (Å²) in [4.78, 5) is 0.147. The van der Waals surface area contributed by atoms with Gasteiger partial charge in [-0.3, -0.25) is 0 Å². The van der Waals surface area contributed by atoms with E-state index in [0.717, 1.165) is 10.0 Å². The fourth-order valence-corrected chi connectivity index (χ4v) is 2.32. The van der Waals surface area contributed by atoms with Gasteiger partial charge in [0.1, 0.15) is 17.3 Å². The molecule has 0 fully saturated rings. The summed E-state index contributed by atoms with van der Waals surface area (Å²) in [7, 11) is 1.57. The molecule has 0 amide bonds. The van der Waals surface area contributed by atoms with Crippen molar-refractivity contribution in [3.8, 4) is 11.5 Å². The average Bonchev–Trinajstić information content (AvgIpc) is 2.46. The van der Waals surface area contributed by atoms with E-state index in [1.807, 2.05) is 18.2 Å². The summed E-state index contributed by atoms with van der Waals surface area (Å²) in [5.74, 6) is 0.310. The van der Waals surface area contributed by atoms with Crippen molar-refractivity contribution in [1.29, 1.82) is 0 Å². The van der Waals surface area contributed by atoms with Crippen LogP contribution in [-0.4, -0.2) is 12.1 Å². The lowest BCUT2D eigenvalue weighted by Crippen LogP contribution is -2.10. The van der Waals surface area contributed by atoms with Crippen molar-refractivity contribution in [2.45, 2.75) is 6.61 Å². The van der Waals surface area contributed by atoms with Gasteiger partial charge in [0.25, 0.3) is 0 Å². The van der Waals surface area contributed by atoms with Crippen LogP contribution in [0.4, 0.5) is 4.39 Å². The molecule has 0 saturated heterocycles. The molecule has 0 bridgehead atoms. The van der Waals surface area contributed by atoms with Gasteiger partial charge < -0.3 is 15.2 Å². The van der Waals surface area contributed by atoms with Crippen LogP contribution in [0.5, 0.6) is 11.5 Å². The van der Waals surface area contributed by atoms with Gasteiger partial charge in [-0.2, -0.15) is 0 Å². The predicted octanol–water partition coefficient (Wildman–Crippen LogP) is 3.81. The van der Waals surface area contributed by atoms with Crippen molar-refractivity contribution in [3.63, 3.8) is 0 Å². The molecule has 2 aromatic rings. The maximum absolute atomic E-state index is 13.9. The largest absolute Gasteiger partial charge is 0.496 e. The van der Waals surface area contributed by atoms with Crippen LogP contribution >= 0.6 is 28.1 Å². The van der Waals surface area contributed by atoms with Gasteiger partial charge in [0, 0.05) is 15.6 Å². The van der Waals surface area contributed by atoms with Crippen LogP contribution in [0.15, 0.2) is 40.9 Å². The lowest BCUT2D eigenvalue weighted by molar-refractivity contribution is 0.282. The maximum Gasteiger partial charge on any atom is 0.165 e. The van der Waals surface area contributed by atoms with Crippen molar-refractivity contribution < 1.29 is 13.9 Å². The van der Waals surface area contributed by atoms with E-state index in [9.17, 15) is 4.39 Å². The summed E-state index contributed by atoms with van der Waals surface area (Å²) in [5.41, 5.74) is 6.73. The van der Waals surface area contributed by atoms with Gasteiger partial charge in [-0.05, 0) is 36.4 Å². The molecule has 0 aliphatic rings. The van der Waals surface area contributed by atoms with Crippen molar-refractivity contribution in [2.24, 2.45) is 5.73 Å². The fraction of sp³-hybridized carbons (Fsp3) is 0.133. The summed E-state index contributed by atoms with van der Waals surface area (Å²) >= 11 is 8.18. The number of ether oxygens (including phenoxy) is 2. The maximum atomic E-state index is 13.9. The third-order valence-electron chi connectivity index (χ3n) is 2.84. The van der Waals surface area contributed by atoms with Crippen LogP contribution in [0, 0.1) is 5.82 Å². The summed E-state index contributed by atoms with van der Waals surface area (Å²) in [6.45, 7) is 0.186. The second-order valence-electron chi connectivity index (χ2n) is 4.25. The first-order chi connectivity index (χ1) is 10.0. The number of halogens is 2. The number of methoxy groups -OCH3 is 1. The van der Waals surface area contributed by atoms with E-state index in [4.69, 9.17) is 27.4 Å². The minimum absolute atomic E-state index is 0.136. The Morgan fingerprint density at radius 1 is 1.24 bits per heavy atom. The van der Waals surface area contributed by atoms with E-state index in [0.29, 0.717) is 11.3 Å². The molecular formula is C15H13BrFNO2S. The summed E-state index contributed by atoms with van der Waals surface area (Å²) < 4.78 is 25.5. The minimum atomic E-state index is -0.505. The zero-order valence-corrected chi connectivity index (χ0v) is 13.6. The Morgan fingerprint density at radius 2 is 1.95 bits per heavy atom. The standard InChI is InChI=1S/C15H13BrFNO2S/c1-19-13-5-3-11(16)6-10(13)8-20-14-4-2-9(15(18)21)7-12(14)17/h2-7H,8H2,1H3,(H2,18,21). The average molecular weight is 370 g/mol. The molecule has 0 radical (unpaired) electrons. The molecule has 2 N–H and O–H groups in total. The molecule has 0 aliphatic heterocycles. The van der Waals surface area contributed by atoms with Crippen LogP contribution in [0.3, 0.4) is 0 Å². The second kappa shape index (κ2) is 6.87. The quantitative estimate of drug-likeness (QED) is 0.813. The molecule has 21 heavy (non-hydrogen) atoms. The second-order valence-corrected chi connectivity index (χ2v) is 5.61. The highest BCUT2D eigenvalue weighted by molar-refractivity contribution is 9.10. The zero-order valence-electron chi connectivity index (χ0n) is 11.2. The molecule has 0 atom stereocenters. The molecule has 0 unspecified atom stereocenters. The number of hydrogen-bond acceptors (Lipinski definition) is 3. The predicted molar refractivity (Wildman–Crippen MR) is 87.3 cm³/mol. The number of rotatable bonds is 5. The lowest BCUT2D eigenvalue weighted by Gasteiger charge is -2.12. The molecule has 110 valence electrons. The van der Waals surface area contributed by atoms with E-state index < -0.39 is 5.82 Å².